The van der Waals surface area contributed by atoms with Crippen molar-refractivity contribution >= 4 is 5.91 Å². The predicted octanol–water partition coefficient (Wildman–Crippen LogP) is -0.454. The van der Waals surface area contributed by atoms with Crippen LogP contribution in [0.5, 0.6) is 0 Å². The van der Waals surface area contributed by atoms with Crippen molar-refractivity contribution in [2.75, 3.05) is 26.2 Å². The number of hydrogen-bond donors (Lipinski definition) is 2. The van der Waals surface area contributed by atoms with Crippen molar-refractivity contribution in [3.8, 4) is 0 Å². The van der Waals surface area contributed by atoms with Gasteiger partial charge in [0.15, 0.2) is 0 Å². The fraction of sp³-hybridized carbons (Fsp3) is 0.889. The van der Waals surface area contributed by atoms with Crippen molar-refractivity contribution < 1.29 is 4.79 Å². The average Bonchev–Trinajstić information content (AvgIpc) is 1.95. The molecule has 3 N–H and O–H groups in total. The van der Waals surface area contributed by atoms with Gasteiger partial charge in [-0.05, 0) is 13.0 Å². The van der Waals surface area contributed by atoms with Crippen LogP contribution in [0.4, 0.5) is 0 Å². The Morgan fingerprint density at radius 3 is 2.69 bits per heavy atom. The minimum atomic E-state index is -0.219. The van der Waals surface area contributed by atoms with Crippen molar-refractivity contribution in [2.45, 2.75) is 25.8 Å². The van der Waals surface area contributed by atoms with Crippen LogP contribution in [-0.4, -0.2) is 43.0 Å². The minimum Gasteiger partial charge on any atom is -0.369 e. The summed E-state index contributed by atoms with van der Waals surface area (Å²) in [6, 6.07) is 0.527. The number of carbonyl (C=O) groups is 1. The number of nitrogens with two attached hydrogens (primary N) is 1. The van der Waals surface area contributed by atoms with Crippen LogP contribution >= 0.6 is 0 Å². The first-order chi connectivity index (χ1) is 6.24. The molecule has 4 nitrogen and oxygen atoms in total. The van der Waals surface area contributed by atoms with E-state index in [4.69, 9.17) is 5.73 Å². The maximum atomic E-state index is 10.8. The molecule has 0 aromatic carbocycles. The van der Waals surface area contributed by atoms with Gasteiger partial charge < -0.3 is 11.1 Å². The number of carbonyl (C=O) groups excluding carboxylic acids is 1. The van der Waals surface area contributed by atoms with Gasteiger partial charge in [-0.3, -0.25) is 9.69 Å². The normalized spacial score (nSPS) is 17.4. The molecule has 0 spiro atoms. The summed E-state index contributed by atoms with van der Waals surface area (Å²) in [5.74, 6) is -0.219. The molecule has 1 aliphatic rings. The summed E-state index contributed by atoms with van der Waals surface area (Å²) in [6.07, 6.45) is 2.30. The van der Waals surface area contributed by atoms with Gasteiger partial charge in [-0.2, -0.15) is 0 Å². The summed E-state index contributed by atoms with van der Waals surface area (Å²) in [7, 11) is 0. The van der Waals surface area contributed by atoms with E-state index in [0.29, 0.717) is 12.6 Å². The van der Waals surface area contributed by atoms with Gasteiger partial charge in [0.1, 0.15) is 0 Å². The summed E-state index contributed by atoms with van der Waals surface area (Å²) in [6.45, 7) is 5.55. The first-order valence-electron chi connectivity index (χ1n) is 4.97. The topological polar surface area (TPSA) is 58.4 Å². The monoisotopic (exact) mass is 185 g/mol. The molecule has 0 unspecified atom stereocenters. The smallest absolute Gasteiger partial charge is 0.231 e. The van der Waals surface area contributed by atoms with E-state index in [-0.39, 0.29) is 5.91 Å². The molecule has 1 amide bonds. The molecule has 0 atom stereocenters. The lowest BCUT2D eigenvalue weighted by Gasteiger charge is -2.37. The molecule has 76 valence electrons. The van der Waals surface area contributed by atoms with Crippen LogP contribution in [0.2, 0.25) is 0 Å². The molecular weight excluding hydrogens is 166 g/mol. The summed E-state index contributed by atoms with van der Waals surface area (Å²) >= 11 is 0. The number of amides is 1. The summed E-state index contributed by atoms with van der Waals surface area (Å²) in [5, 5.41) is 3.20. The van der Waals surface area contributed by atoms with E-state index in [1.807, 2.05) is 0 Å². The Hall–Kier alpha value is -0.610. The Balaban J connectivity index is 2.28. The van der Waals surface area contributed by atoms with E-state index in [0.717, 1.165) is 32.5 Å². The number of hydrogen-bond acceptors (Lipinski definition) is 3. The van der Waals surface area contributed by atoms with Crippen molar-refractivity contribution in [3.05, 3.63) is 0 Å². The maximum absolute atomic E-state index is 10.8. The summed E-state index contributed by atoms with van der Waals surface area (Å²) in [5.41, 5.74) is 5.18. The highest BCUT2D eigenvalue weighted by molar-refractivity contribution is 5.76. The molecule has 1 aliphatic heterocycles. The van der Waals surface area contributed by atoms with Crippen molar-refractivity contribution in [3.63, 3.8) is 0 Å². The lowest BCUT2D eigenvalue weighted by molar-refractivity contribution is -0.120. The lowest BCUT2D eigenvalue weighted by atomic mass is 10.1. The summed E-state index contributed by atoms with van der Waals surface area (Å²) < 4.78 is 0. The van der Waals surface area contributed by atoms with Crippen molar-refractivity contribution in [2.24, 2.45) is 5.73 Å². The van der Waals surface area contributed by atoms with E-state index in [1.165, 1.54) is 0 Å². The van der Waals surface area contributed by atoms with Crippen LogP contribution in [0.3, 0.4) is 0 Å². The third-order valence-corrected chi connectivity index (χ3v) is 2.43. The molecule has 0 aromatic rings. The zero-order chi connectivity index (χ0) is 9.68. The second kappa shape index (κ2) is 5.19. The van der Waals surface area contributed by atoms with Gasteiger partial charge in [-0.25, -0.2) is 0 Å². The SMILES string of the molecule is CCCCN(CC(N)=O)C1CNC1. The fourth-order valence-electron chi connectivity index (χ4n) is 1.48. The second-order valence-corrected chi connectivity index (χ2v) is 3.60. The fourth-order valence-corrected chi connectivity index (χ4v) is 1.48. The van der Waals surface area contributed by atoms with Crippen LogP contribution in [0.25, 0.3) is 0 Å². The van der Waals surface area contributed by atoms with Crippen LogP contribution in [0.1, 0.15) is 19.8 Å². The highest BCUT2D eigenvalue weighted by Gasteiger charge is 2.24. The second-order valence-electron chi connectivity index (χ2n) is 3.60. The Kier molecular flexibility index (Phi) is 4.18. The van der Waals surface area contributed by atoms with E-state index in [9.17, 15) is 4.79 Å². The third kappa shape index (κ3) is 3.32. The predicted molar refractivity (Wildman–Crippen MR) is 52.3 cm³/mol. The zero-order valence-corrected chi connectivity index (χ0v) is 8.25. The number of unbranched alkanes of at least 4 members (excludes halogenated alkanes) is 1. The van der Waals surface area contributed by atoms with Crippen LogP contribution in [0.15, 0.2) is 0 Å². The molecule has 1 saturated heterocycles. The van der Waals surface area contributed by atoms with Gasteiger partial charge in [0.25, 0.3) is 0 Å². The van der Waals surface area contributed by atoms with Crippen LogP contribution < -0.4 is 11.1 Å². The number of rotatable bonds is 6. The van der Waals surface area contributed by atoms with E-state index in [2.05, 4.69) is 17.1 Å². The number of nitrogens with one attached hydrogen (secondary N) is 1. The minimum absolute atomic E-state index is 0.219. The third-order valence-electron chi connectivity index (χ3n) is 2.43. The quantitative estimate of drug-likeness (QED) is 0.589. The van der Waals surface area contributed by atoms with Crippen LogP contribution in [0, 0.1) is 0 Å². The van der Waals surface area contributed by atoms with Crippen molar-refractivity contribution in [1.82, 2.24) is 10.2 Å². The Labute approximate surface area is 79.5 Å². The molecular formula is C9H19N3O. The maximum Gasteiger partial charge on any atom is 0.231 e. The zero-order valence-electron chi connectivity index (χ0n) is 8.25. The largest absolute Gasteiger partial charge is 0.369 e. The molecule has 13 heavy (non-hydrogen) atoms. The highest BCUT2D eigenvalue weighted by atomic mass is 16.1. The molecule has 0 aromatic heterocycles. The lowest BCUT2D eigenvalue weighted by Crippen LogP contribution is -2.58. The Morgan fingerprint density at radius 2 is 2.31 bits per heavy atom. The number of nitrogens with zero attached hydrogens (tertiary/aromatic N) is 1. The average molecular weight is 185 g/mol. The summed E-state index contributed by atoms with van der Waals surface area (Å²) in [4.78, 5) is 13.0. The first kappa shape index (κ1) is 10.5. The molecule has 0 saturated carbocycles. The molecule has 1 fully saturated rings. The Bertz CT molecular complexity index is 168. The standard InChI is InChI=1S/C9H19N3O/c1-2-3-4-12(7-9(10)13)8-5-11-6-8/h8,11H,2-7H2,1H3,(H2,10,13). The van der Waals surface area contributed by atoms with Crippen LogP contribution in [-0.2, 0) is 4.79 Å². The van der Waals surface area contributed by atoms with E-state index >= 15 is 0 Å². The van der Waals surface area contributed by atoms with Gasteiger partial charge in [-0.15, -0.1) is 0 Å². The first-order valence-corrected chi connectivity index (χ1v) is 4.97. The molecule has 0 radical (unpaired) electrons. The van der Waals surface area contributed by atoms with E-state index in [1.54, 1.807) is 0 Å². The highest BCUT2D eigenvalue weighted by Crippen LogP contribution is 2.05. The van der Waals surface area contributed by atoms with Gasteiger partial charge in [-0.1, -0.05) is 13.3 Å². The molecule has 4 heteroatoms. The molecule has 0 aliphatic carbocycles. The van der Waals surface area contributed by atoms with Crippen molar-refractivity contribution in [1.29, 1.82) is 0 Å². The number of primary amides is 1. The van der Waals surface area contributed by atoms with E-state index < -0.39 is 0 Å². The Morgan fingerprint density at radius 1 is 1.62 bits per heavy atom. The molecule has 1 rings (SSSR count). The molecule has 0 bridgehead atoms. The molecule has 1 heterocycles. The van der Waals surface area contributed by atoms with Gasteiger partial charge in [0, 0.05) is 19.1 Å². The van der Waals surface area contributed by atoms with Gasteiger partial charge in [0.2, 0.25) is 5.91 Å². The van der Waals surface area contributed by atoms with Gasteiger partial charge >= 0.3 is 0 Å². The van der Waals surface area contributed by atoms with Gasteiger partial charge in [0.05, 0.1) is 6.54 Å².